The van der Waals surface area contributed by atoms with Crippen LogP contribution in [0.1, 0.15) is 233 Å². The summed E-state index contributed by atoms with van der Waals surface area (Å²) < 4.78 is 42.4. The Hall–Kier alpha value is -2.55. The smallest absolute Gasteiger partial charge is 0.306 e. The molecule has 438 valence electrons. The number of carbonyl (C=O) groups is 3. The molecule has 2 fully saturated rings. The Morgan fingerprint density at radius 1 is 0.610 bits per heavy atom. The molecule has 0 aliphatic carbocycles. The number of aliphatic hydroxyl groups excluding tert-OH is 1. The van der Waals surface area contributed by atoms with Crippen molar-refractivity contribution in [2.24, 2.45) is 0 Å². The molecule has 0 saturated carbocycles. The van der Waals surface area contributed by atoms with Crippen molar-refractivity contribution >= 4 is 64.2 Å². The lowest BCUT2D eigenvalue weighted by Gasteiger charge is -2.49. The Morgan fingerprint density at radius 3 is 1.60 bits per heavy atom. The van der Waals surface area contributed by atoms with Crippen LogP contribution in [0.25, 0.3) is 0 Å². The molecule has 7 atom stereocenters. The number of aliphatic hydroxyl groups is 1. The molecule has 0 aromatic heterocycles. The predicted molar refractivity (Wildman–Crippen MR) is 309 cm³/mol. The summed E-state index contributed by atoms with van der Waals surface area (Å²) in [7, 11) is 0. The first kappa shape index (κ1) is 67.0. The van der Waals surface area contributed by atoms with Gasteiger partial charge in [0.1, 0.15) is 35.9 Å². The molecule has 2 N–H and O–H groups in total. The Balaban J connectivity index is 1.28. The van der Waals surface area contributed by atoms with Crippen molar-refractivity contribution in [3.05, 3.63) is 56.5 Å². The summed E-state index contributed by atoms with van der Waals surface area (Å²) in [4.78, 5) is 41.0. The first-order chi connectivity index (χ1) is 37.1. The van der Waals surface area contributed by atoms with E-state index in [2.05, 4.69) is 19.2 Å². The molecule has 0 radical (unpaired) electrons. The van der Waals surface area contributed by atoms with Gasteiger partial charge in [-0.3, -0.25) is 14.4 Å². The molecular weight excluding hydrogens is 1060 g/mol. The van der Waals surface area contributed by atoms with Crippen LogP contribution in [0.2, 0.25) is 20.1 Å². The minimum absolute atomic E-state index is 0.0461. The lowest BCUT2D eigenvalue weighted by molar-refractivity contribution is -0.365. The van der Waals surface area contributed by atoms with Gasteiger partial charge in [0, 0.05) is 32.9 Å². The molecule has 12 nitrogen and oxygen atoms in total. The first-order valence-corrected chi connectivity index (χ1v) is 31.2. The molecule has 1 amide bonds. The Morgan fingerprint density at radius 2 is 1.06 bits per heavy atom. The highest BCUT2D eigenvalue weighted by Gasteiger charge is 2.53. The van der Waals surface area contributed by atoms with Crippen molar-refractivity contribution in [2.45, 2.75) is 282 Å². The van der Waals surface area contributed by atoms with E-state index in [-0.39, 0.29) is 37.9 Å². The summed E-state index contributed by atoms with van der Waals surface area (Å²) in [5, 5.41) is 16.4. The number of unbranched alkanes of at least 4 members (excludes halogenated alkanes) is 22. The maximum atomic E-state index is 14.0. The largest absolute Gasteiger partial charge is 0.493 e. The van der Waals surface area contributed by atoms with Gasteiger partial charge in [0.2, 0.25) is 5.91 Å². The van der Waals surface area contributed by atoms with Gasteiger partial charge in [-0.15, -0.1) is 0 Å². The zero-order valence-electron chi connectivity index (χ0n) is 47.1. The fraction of sp³-hybridized carbons (Fsp3) is 0.754. The second kappa shape index (κ2) is 39.0. The molecule has 0 spiro atoms. The highest BCUT2D eigenvalue weighted by atomic mass is 35.5. The number of ether oxygens (including phenoxy) is 7. The highest BCUT2D eigenvalue weighted by molar-refractivity contribution is 6.35. The van der Waals surface area contributed by atoms with Gasteiger partial charge >= 0.3 is 11.9 Å². The standard InChI is InChI=1S/C61H95Cl4NO11/c1-5-7-9-11-13-15-17-20-27-33-50(74-55(68)34-29-23-22-26-32-49(31-25-19-16-14-12-10-8-6-2)73-52-41-47(64)38-48(65)42-52)43-54(67)66-57-59(58-53(75-60(57)70)44-72-61(3,4)77-58)76-56(69)35-28-21-18-24-30-36-71-51-39-45(62)37-46(63)40-51/h37-42,49-50,53,57-60,70H,5-36,43-44H2,1-4H3,(H,66,67)/t49?,50-,53+,57+,58+,59+,60+/m0/s1. The predicted octanol–water partition coefficient (Wildman–Crippen LogP) is 16.8. The maximum Gasteiger partial charge on any atom is 0.306 e. The summed E-state index contributed by atoms with van der Waals surface area (Å²) in [6.07, 6.45) is 25.5. The first-order valence-electron chi connectivity index (χ1n) is 29.7. The van der Waals surface area contributed by atoms with Crippen molar-refractivity contribution in [1.29, 1.82) is 0 Å². The molecule has 4 rings (SSSR count). The molecule has 2 saturated heterocycles. The van der Waals surface area contributed by atoms with Crippen LogP contribution in [0.15, 0.2) is 36.4 Å². The molecule has 2 aromatic rings. The van der Waals surface area contributed by atoms with E-state index in [0.717, 1.165) is 89.9 Å². The van der Waals surface area contributed by atoms with Crippen molar-refractivity contribution in [3.63, 3.8) is 0 Å². The number of nitrogens with one attached hydrogen (secondary N) is 1. The number of carbonyl (C=O) groups excluding carboxylic acids is 3. The second-order valence-corrected chi connectivity index (χ2v) is 23.6. The van der Waals surface area contributed by atoms with Crippen LogP contribution >= 0.6 is 46.4 Å². The van der Waals surface area contributed by atoms with E-state index >= 15 is 0 Å². The molecule has 2 aliphatic rings. The number of hydrogen-bond acceptors (Lipinski definition) is 11. The average molecular weight is 1160 g/mol. The fourth-order valence-corrected chi connectivity index (χ4v) is 11.2. The number of rotatable bonds is 42. The lowest BCUT2D eigenvalue weighted by atomic mass is 9.94. The summed E-state index contributed by atoms with van der Waals surface area (Å²) in [5.74, 6) is -0.974. The number of esters is 2. The quantitative estimate of drug-likeness (QED) is 0.0483. The molecule has 2 heterocycles. The van der Waals surface area contributed by atoms with Crippen molar-refractivity contribution in [1.82, 2.24) is 5.32 Å². The van der Waals surface area contributed by atoms with E-state index < -0.39 is 54.4 Å². The lowest BCUT2D eigenvalue weighted by Crippen LogP contribution is -2.69. The molecule has 1 unspecified atom stereocenters. The minimum atomic E-state index is -1.52. The molecule has 16 heteroatoms. The van der Waals surface area contributed by atoms with Gasteiger partial charge in [-0.05, 0) is 108 Å². The van der Waals surface area contributed by atoms with Gasteiger partial charge in [0.25, 0.3) is 0 Å². The normalized spacial score (nSPS) is 19.7. The van der Waals surface area contributed by atoms with Crippen LogP contribution < -0.4 is 14.8 Å². The molecule has 77 heavy (non-hydrogen) atoms. The van der Waals surface area contributed by atoms with Crippen molar-refractivity contribution in [2.75, 3.05) is 13.2 Å². The number of fused-ring (bicyclic) bond motifs is 1. The summed E-state index contributed by atoms with van der Waals surface area (Å²) in [6, 6.07) is 9.31. The minimum Gasteiger partial charge on any atom is -0.493 e. The number of halogens is 4. The zero-order valence-corrected chi connectivity index (χ0v) is 50.1. The van der Waals surface area contributed by atoms with Crippen LogP contribution in [0.4, 0.5) is 0 Å². The number of amides is 1. The molecule has 2 aromatic carbocycles. The van der Waals surface area contributed by atoms with Gasteiger partial charge in [0.15, 0.2) is 18.2 Å². The Bertz CT molecular complexity index is 1920. The summed E-state index contributed by atoms with van der Waals surface area (Å²) in [6.45, 7) is 8.59. The van der Waals surface area contributed by atoms with E-state index in [1.165, 1.54) is 77.0 Å². The zero-order chi connectivity index (χ0) is 55.7. The van der Waals surface area contributed by atoms with E-state index in [4.69, 9.17) is 79.6 Å². The number of benzene rings is 2. The van der Waals surface area contributed by atoms with E-state index in [1.807, 2.05) is 12.1 Å². The fourth-order valence-electron chi connectivity index (χ4n) is 10.2. The SMILES string of the molecule is CCCCCCCCCCC[C@@H](CC(=O)N[C@@H]1[C@@H](OC(=O)CCCCCCCOc2cc(Cl)cc(Cl)c2)[C@@H]2OC(C)(C)OC[C@H]2O[C@H]1O)OC(=O)CCCCCCC(CCCCCCCCCC)Oc1cc(Cl)cc(Cl)c1. The second-order valence-electron chi connectivity index (χ2n) is 21.9. The van der Waals surface area contributed by atoms with Gasteiger partial charge in [-0.1, -0.05) is 189 Å². The van der Waals surface area contributed by atoms with Gasteiger partial charge in [-0.2, -0.15) is 0 Å². The van der Waals surface area contributed by atoms with Crippen molar-refractivity contribution in [3.8, 4) is 11.5 Å². The van der Waals surface area contributed by atoms with E-state index in [1.54, 1.807) is 38.1 Å². The third-order valence-electron chi connectivity index (χ3n) is 14.4. The van der Waals surface area contributed by atoms with Crippen LogP contribution in [-0.2, 0) is 38.1 Å². The monoisotopic (exact) mass is 1160 g/mol. The third-order valence-corrected chi connectivity index (χ3v) is 15.3. The van der Waals surface area contributed by atoms with Crippen LogP contribution in [0.5, 0.6) is 11.5 Å². The van der Waals surface area contributed by atoms with Crippen molar-refractivity contribution < 1.29 is 52.6 Å². The Labute approximate surface area is 482 Å². The maximum absolute atomic E-state index is 14.0. The van der Waals surface area contributed by atoms with E-state index in [9.17, 15) is 19.5 Å². The number of hydrogen-bond donors (Lipinski definition) is 2. The highest BCUT2D eigenvalue weighted by Crippen LogP contribution is 2.34. The average Bonchev–Trinajstić information content (AvgIpc) is 3.37. The van der Waals surface area contributed by atoms with Gasteiger partial charge in [-0.25, -0.2) is 0 Å². The molecule has 0 bridgehead atoms. The third kappa shape index (κ3) is 29.1. The van der Waals surface area contributed by atoms with Gasteiger partial charge < -0.3 is 43.6 Å². The molecular formula is C61H95Cl4NO11. The van der Waals surface area contributed by atoms with Crippen LogP contribution in [-0.4, -0.2) is 84.8 Å². The molecule has 2 aliphatic heterocycles. The van der Waals surface area contributed by atoms with Gasteiger partial charge in [0.05, 0.1) is 25.7 Å². The van der Waals surface area contributed by atoms with E-state index in [0.29, 0.717) is 57.5 Å². The van der Waals surface area contributed by atoms with Crippen LogP contribution in [0.3, 0.4) is 0 Å². The summed E-state index contributed by atoms with van der Waals surface area (Å²) >= 11 is 24.8. The summed E-state index contributed by atoms with van der Waals surface area (Å²) in [5.41, 5.74) is 0. The topological polar surface area (TPSA) is 148 Å². The van der Waals surface area contributed by atoms with Crippen LogP contribution in [0, 0.1) is 0 Å². The Kier molecular flexibility index (Phi) is 33.9.